The molecule has 8 heteroatoms. The minimum absolute atomic E-state index is 0.144. The molecule has 2 heterocycles. The Morgan fingerprint density at radius 2 is 2.00 bits per heavy atom. The lowest BCUT2D eigenvalue weighted by Gasteiger charge is -2.32. The zero-order valence-electron chi connectivity index (χ0n) is 8.38. The molecule has 2 rings (SSSR count). The average molecular weight is 244 g/mol. The number of anilines is 1. The van der Waals surface area contributed by atoms with E-state index in [1.54, 1.807) is 0 Å². The van der Waals surface area contributed by atoms with Crippen molar-refractivity contribution in [2.24, 2.45) is 0 Å². The summed E-state index contributed by atoms with van der Waals surface area (Å²) in [4.78, 5) is 25.6. The van der Waals surface area contributed by atoms with Crippen molar-refractivity contribution in [3.8, 4) is 0 Å². The van der Waals surface area contributed by atoms with E-state index in [1.165, 1.54) is 11.2 Å². The zero-order valence-corrected chi connectivity index (χ0v) is 9.13. The molecule has 1 amide bonds. The maximum Gasteiger partial charge on any atom is 0.407 e. The molecule has 0 aromatic carbocycles. The van der Waals surface area contributed by atoms with Gasteiger partial charge < -0.3 is 14.9 Å². The van der Waals surface area contributed by atoms with Gasteiger partial charge in [0.25, 0.3) is 0 Å². The van der Waals surface area contributed by atoms with Crippen molar-refractivity contribution in [1.82, 2.24) is 19.9 Å². The molecule has 1 N–H and O–H groups in total. The molecule has 0 spiro atoms. The molecule has 0 saturated carbocycles. The summed E-state index contributed by atoms with van der Waals surface area (Å²) < 4.78 is 0. The topological polar surface area (TPSA) is 82.5 Å². The number of nitrogens with zero attached hydrogens (tertiary/aromatic N) is 5. The summed E-state index contributed by atoms with van der Waals surface area (Å²) in [5, 5.41) is 8.93. The normalized spacial score (nSPS) is 16.3. The predicted octanol–water partition coefficient (Wildman–Crippen LogP) is 0.325. The molecule has 0 atom stereocenters. The standard InChI is InChI=1S/C8H10ClN5O2/c9-6-10-5-11-7(12-6)13-1-3-14(4-2-13)8(15)16/h5H,1-4H2,(H,15,16). The van der Waals surface area contributed by atoms with Gasteiger partial charge in [0.05, 0.1) is 0 Å². The summed E-state index contributed by atoms with van der Waals surface area (Å²) in [7, 11) is 0. The van der Waals surface area contributed by atoms with Gasteiger partial charge in [-0.1, -0.05) is 0 Å². The quantitative estimate of drug-likeness (QED) is 0.765. The minimum Gasteiger partial charge on any atom is -0.465 e. The largest absolute Gasteiger partial charge is 0.465 e. The molecule has 1 aliphatic rings. The summed E-state index contributed by atoms with van der Waals surface area (Å²) in [5.41, 5.74) is 0. The van der Waals surface area contributed by atoms with Crippen LogP contribution in [0.2, 0.25) is 5.28 Å². The van der Waals surface area contributed by atoms with E-state index < -0.39 is 6.09 Å². The Bertz CT molecular complexity index is 394. The van der Waals surface area contributed by atoms with E-state index in [4.69, 9.17) is 16.7 Å². The maximum absolute atomic E-state index is 10.7. The Hall–Kier alpha value is -1.63. The van der Waals surface area contributed by atoms with Crippen LogP contribution in [0.15, 0.2) is 6.33 Å². The number of rotatable bonds is 1. The van der Waals surface area contributed by atoms with Crippen molar-refractivity contribution in [3.05, 3.63) is 11.6 Å². The minimum atomic E-state index is -0.895. The molecule has 7 nitrogen and oxygen atoms in total. The van der Waals surface area contributed by atoms with Crippen molar-refractivity contribution in [2.75, 3.05) is 31.1 Å². The monoisotopic (exact) mass is 243 g/mol. The number of halogens is 1. The number of carbonyl (C=O) groups is 1. The van der Waals surface area contributed by atoms with Crippen LogP contribution in [0.1, 0.15) is 0 Å². The number of piperazine rings is 1. The van der Waals surface area contributed by atoms with E-state index in [9.17, 15) is 4.79 Å². The molecule has 1 fully saturated rings. The highest BCUT2D eigenvalue weighted by Gasteiger charge is 2.21. The first-order valence-corrected chi connectivity index (χ1v) is 5.12. The van der Waals surface area contributed by atoms with E-state index in [2.05, 4.69) is 15.0 Å². The van der Waals surface area contributed by atoms with Crippen LogP contribution < -0.4 is 4.90 Å². The van der Waals surface area contributed by atoms with Gasteiger partial charge in [-0.2, -0.15) is 4.98 Å². The molecule has 1 saturated heterocycles. The predicted molar refractivity (Wildman–Crippen MR) is 56.6 cm³/mol. The van der Waals surface area contributed by atoms with Crippen LogP contribution in [0.3, 0.4) is 0 Å². The van der Waals surface area contributed by atoms with Gasteiger partial charge in [-0.3, -0.25) is 0 Å². The zero-order chi connectivity index (χ0) is 11.5. The third-order valence-corrected chi connectivity index (χ3v) is 2.54. The first-order chi connectivity index (χ1) is 7.66. The smallest absolute Gasteiger partial charge is 0.407 e. The van der Waals surface area contributed by atoms with E-state index in [0.29, 0.717) is 32.1 Å². The summed E-state index contributed by atoms with van der Waals surface area (Å²) in [6.45, 7) is 2.01. The lowest BCUT2D eigenvalue weighted by atomic mass is 10.3. The van der Waals surface area contributed by atoms with E-state index >= 15 is 0 Å². The Morgan fingerprint density at radius 1 is 1.31 bits per heavy atom. The molecule has 1 aliphatic heterocycles. The fourth-order valence-electron chi connectivity index (χ4n) is 1.52. The molecular formula is C8H10ClN5O2. The van der Waals surface area contributed by atoms with Gasteiger partial charge in [0.15, 0.2) is 0 Å². The Kier molecular flexibility index (Phi) is 3.04. The fourth-order valence-corrected chi connectivity index (χ4v) is 1.64. The summed E-state index contributed by atoms with van der Waals surface area (Å²) in [5.74, 6) is 0.491. The Morgan fingerprint density at radius 3 is 2.56 bits per heavy atom. The van der Waals surface area contributed by atoms with Crippen molar-refractivity contribution in [2.45, 2.75) is 0 Å². The molecular weight excluding hydrogens is 234 g/mol. The van der Waals surface area contributed by atoms with Gasteiger partial charge in [-0.05, 0) is 11.6 Å². The number of hydrogen-bond acceptors (Lipinski definition) is 5. The molecule has 0 bridgehead atoms. The summed E-state index contributed by atoms with van der Waals surface area (Å²) >= 11 is 5.65. The van der Waals surface area contributed by atoms with Crippen LogP contribution in [0, 0.1) is 0 Å². The van der Waals surface area contributed by atoms with Gasteiger partial charge in [-0.15, -0.1) is 0 Å². The van der Waals surface area contributed by atoms with Crippen molar-refractivity contribution in [3.63, 3.8) is 0 Å². The van der Waals surface area contributed by atoms with Gasteiger partial charge in [-0.25, -0.2) is 14.8 Å². The maximum atomic E-state index is 10.7. The Labute approximate surface area is 96.7 Å². The highest BCUT2D eigenvalue weighted by atomic mass is 35.5. The van der Waals surface area contributed by atoms with Crippen LogP contribution in [0.4, 0.5) is 10.7 Å². The van der Waals surface area contributed by atoms with E-state index in [1.807, 2.05) is 4.90 Å². The summed E-state index contributed by atoms with van der Waals surface area (Å²) in [6, 6.07) is 0. The molecule has 1 aromatic rings. The van der Waals surface area contributed by atoms with Crippen molar-refractivity contribution < 1.29 is 9.90 Å². The highest BCUT2D eigenvalue weighted by molar-refractivity contribution is 6.28. The van der Waals surface area contributed by atoms with Crippen molar-refractivity contribution >= 4 is 23.6 Å². The fraction of sp³-hybridized carbons (Fsp3) is 0.500. The van der Waals surface area contributed by atoms with E-state index in [-0.39, 0.29) is 5.28 Å². The molecule has 0 unspecified atom stereocenters. The third kappa shape index (κ3) is 2.30. The van der Waals surface area contributed by atoms with Gasteiger partial charge in [0.2, 0.25) is 11.2 Å². The second kappa shape index (κ2) is 4.48. The van der Waals surface area contributed by atoms with E-state index in [0.717, 1.165) is 0 Å². The van der Waals surface area contributed by atoms with Crippen LogP contribution in [0.25, 0.3) is 0 Å². The SMILES string of the molecule is O=C(O)N1CCN(c2ncnc(Cl)n2)CC1. The number of hydrogen-bond donors (Lipinski definition) is 1. The second-order valence-electron chi connectivity index (χ2n) is 3.31. The second-order valence-corrected chi connectivity index (χ2v) is 3.65. The first kappa shape index (κ1) is 10.9. The Balaban J connectivity index is 2.01. The van der Waals surface area contributed by atoms with Gasteiger partial charge >= 0.3 is 6.09 Å². The molecule has 86 valence electrons. The highest BCUT2D eigenvalue weighted by Crippen LogP contribution is 2.11. The average Bonchev–Trinajstić information content (AvgIpc) is 2.29. The number of carboxylic acid groups (broad SMARTS) is 1. The summed E-state index contributed by atoms with van der Waals surface area (Å²) in [6.07, 6.45) is 0.446. The molecule has 1 aromatic heterocycles. The molecule has 16 heavy (non-hydrogen) atoms. The van der Waals surface area contributed by atoms with Gasteiger partial charge in [0, 0.05) is 26.2 Å². The van der Waals surface area contributed by atoms with Gasteiger partial charge in [0.1, 0.15) is 6.33 Å². The lowest BCUT2D eigenvalue weighted by Crippen LogP contribution is -2.48. The number of amides is 1. The third-order valence-electron chi connectivity index (χ3n) is 2.36. The van der Waals surface area contributed by atoms with Crippen LogP contribution in [-0.4, -0.2) is 57.2 Å². The lowest BCUT2D eigenvalue weighted by molar-refractivity contribution is 0.142. The molecule has 0 aliphatic carbocycles. The molecule has 0 radical (unpaired) electrons. The van der Waals surface area contributed by atoms with Crippen LogP contribution in [0.5, 0.6) is 0 Å². The number of aromatic nitrogens is 3. The van der Waals surface area contributed by atoms with Crippen molar-refractivity contribution in [1.29, 1.82) is 0 Å². The first-order valence-electron chi connectivity index (χ1n) is 4.74. The van der Waals surface area contributed by atoms with Crippen LogP contribution in [-0.2, 0) is 0 Å². The van der Waals surface area contributed by atoms with Crippen LogP contribution >= 0.6 is 11.6 Å².